The lowest BCUT2D eigenvalue weighted by molar-refractivity contribution is 0.0746. The summed E-state index contributed by atoms with van der Waals surface area (Å²) in [4.78, 5) is 29.2. The number of rotatable bonds is 5. The summed E-state index contributed by atoms with van der Waals surface area (Å²) in [6, 6.07) is 19.5. The smallest absolute Gasteiger partial charge is 0.257 e. The first-order valence-electron chi connectivity index (χ1n) is 11.2. The maximum absolute atomic E-state index is 12.7. The Morgan fingerprint density at radius 2 is 1.61 bits per heavy atom. The minimum absolute atomic E-state index is 0.0355. The summed E-state index contributed by atoms with van der Waals surface area (Å²) in [5.41, 5.74) is 2.55. The lowest BCUT2D eigenvalue weighted by Crippen LogP contribution is -2.48. The summed E-state index contributed by atoms with van der Waals surface area (Å²) in [6.07, 6.45) is 0. The minimum atomic E-state index is -0.400. The maximum atomic E-state index is 12.7. The molecular formula is C26H24Cl2N4O3S. The number of carbonyl (C=O) groups is 2. The molecule has 0 spiro atoms. The molecular weight excluding hydrogens is 519 g/mol. The van der Waals surface area contributed by atoms with Crippen molar-refractivity contribution in [3.05, 3.63) is 87.9 Å². The molecule has 0 aliphatic carbocycles. The zero-order chi connectivity index (χ0) is 25.7. The van der Waals surface area contributed by atoms with Crippen LogP contribution in [0.25, 0.3) is 0 Å². The van der Waals surface area contributed by atoms with Gasteiger partial charge in [-0.05, 0) is 60.7 Å². The molecule has 1 aliphatic rings. The summed E-state index contributed by atoms with van der Waals surface area (Å²) in [5, 5.41) is 6.60. The van der Waals surface area contributed by atoms with Gasteiger partial charge in [-0.15, -0.1) is 0 Å². The van der Waals surface area contributed by atoms with Crippen LogP contribution in [0.1, 0.15) is 20.7 Å². The summed E-state index contributed by atoms with van der Waals surface area (Å²) < 4.78 is 5.10. The Hall–Kier alpha value is -3.33. The highest BCUT2D eigenvalue weighted by Crippen LogP contribution is 2.30. The Labute approximate surface area is 224 Å². The van der Waals surface area contributed by atoms with E-state index in [0.29, 0.717) is 58.8 Å². The van der Waals surface area contributed by atoms with Crippen LogP contribution in [-0.4, -0.2) is 55.1 Å². The van der Waals surface area contributed by atoms with E-state index in [0.717, 1.165) is 5.69 Å². The topological polar surface area (TPSA) is 73.9 Å². The van der Waals surface area contributed by atoms with Crippen LogP contribution in [0, 0.1) is 0 Å². The zero-order valence-corrected chi connectivity index (χ0v) is 21.8. The van der Waals surface area contributed by atoms with Gasteiger partial charge in [-0.1, -0.05) is 41.4 Å². The van der Waals surface area contributed by atoms with Crippen molar-refractivity contribution in [1.29, 1.82) is 0 Å². The molecule has 0 aromatic heterocycles. The van der Waals surface area contributed by atoms with E-state index in [9.17, 15) is 9.59 Å². The number of nitrogens with one attached hydrogen (secondary N) is 2. The fraction of sp³-hybridized carbons (Fsp3) is 0.192. The van der Waals surface area contributed by atoms with Crippen LogP contribution >= 0.6 is 35.4 Å². The molecule has 4 rings (SSSR count). The summed E-state index contributed by atoms with van der Waals surface area (Å²) >= 11 is 17.9. The van der Waals surface area contributed by atoms with E-state index in [1.165, 1.54) is 13.2 Å². The maximum Gasteiger partial charge on any atom is 0.257 e. The van der Waals surface area contributed by atoms with Crippen molar-refractivity contribution in [2.24, 2.45) is 0 Å². The van der Waals surface area contributed by atoms with Crippen LogP contribution in [0.2, 0.25) is 10.0 Å². The van der Waals surface area contributed by atoms with Gasteiger partial charge < -0.3 is 19.9 Å². The van der Waals surface area contributed by atoms with Gasteiger partial charge in [0.1, 0.15) is 5.75 Å². The van der Waals surface area contributed by atoms with E-state index in [-0.39, 0.29) is 11.0 Å². The predicted molar refractivity (Wildman–Crippen MR) is 148 cm³/mol. The molecule has 1 fully saturated rings. The number of piperazine rings is 1. The van der Waals surface area contributed by atoms with Gasteiger partial charge in [0.15, 0.2) is 5.11 Å². The van der Waals surface area contributed by atoms with Crippen molar-refractivity contribution in [3.63, 3.8) is 0 Å². The number of hydrogen-bond donors (Lipinski definition) is 2. The molecule has 0 radical (unpaired) electrons. The molecule has 3 aromatic rings. The number of nitrogens with zero attached hydrogens (tertiary/aromatic N) is 2. The van der Waals surface area contributed by atoms with E-state index in [4.69, 9.17) is 40.2 Å². The van der Waals surface area contributed by atoms with Crippen molar-refractivity contribution in [3.8, 4) is 5.75 Å². The highest BCUT2D eigenvalue weighted by Gasteiger charge is 2.23. The second-order valence-electron chi connectivity index (χ2n) is 8.07. The van der Waals surface area contributed by atoms with Crippen molar-refractivity contribution >= 4 is 63.7 Å². The van der Waals surface area contributed by atoms with Crippen molar-refractivity contribution in [2.45, 2.75) is 0 Å². The first-order chi connectivity index (χ1) is 17.4. The van der Waals surface area contributed by atoms with Crippen LogP contribution < -0.4 is 20.3 Å². The van der Waals surface area contributed by atoms with Gasteiger partial charge in [0.25, 0.3) is 11.8 Å². The van der Waals surface area contributed by atoms with Crippen LogP contribution in [0.5, 0.6) is 5.75 Å². The third kappa shape index (κ3) is 6.07. The highest BCUT2D eigenvalue weighted by atomic mass is 35.5. The molecule has 3 aromatic carbocycles. The average Bonchev–Trinajstić information content (AvgIpc) is 2.89. The number of halogens is 2. The Bertz CT molecular complexity index is 1280. The van der Waals surface area contributed by atoms with Crippen molar-refractivity contribution < 1.29 is 14.3 Å². The van der Waals surface area contributed by atoms with E-state index in [1.54, 1.807) is 18.2 Å². The molecule has 36 heavy (non-hydrogen) atoms. The van der Waals surface area contributed by atoms with Gasteiger partial charge in [-0.3, -0.25) is 14.9 Å². The number of hydrogen-bond acceptors (Lipinski definition) is 5. The minimum Gasteiger partial charge on any atom is -0.495 e. The average molecular weight is 543 g/mol. The van der Waals surface area contributed by atoms with Crippen LogP contribution in [0.15, 0.2) is 66.7 Å². The molecule has 0 atom stereocenters. The lowest BCUT2D eigenvalue weighted by Gasteiger charge is -2.36. The third-order valence-corrected chi connectivity index (χ3v) is 6.58. The van der Waals surface area contributed by atoms with Crippen LogP contribution in [-0.2, 0) is 0 Å². The molecule has 0 unspecified atom stereocenters. The Kier molecular flexibility index (Phi) is 8.30. The largest absolute Gasteiger partial charge is 0.495 e. The molecule has 1 saturated heterocycles. The zero-order valence-electron chi connectivity index (χ0n) is 19.5. The summed E-state index contributed by atoms with van der Waals surface area (Å²) in [5.74, 6) is 0.115. The van der Waals surface area contributed by atoms with Gasteiger partial charge >= 0.3 is 0 Å². The van der Waals surface area contributed by atoms with Crippen LogP contribution in [0.4, 0.5) is 11.4 Å². The van der Waals surface area contributed by atoms with Gasteiger partial charge in [0, 0.05) is 43.0 Å². The van der Waals surface area contributed by atoms with Gasteiger partial charge in [0.2, 0.25) is 0 Å². The quantitative estimate of drug-likeness (QED) is 0.437. The molecule has 2 amide bonds. The van der Waals surface area contributed by atoms with Gasteiger partial charge in [0.05, 0.1) is 22.8 Å². The molecule has 7 nitrogen and oxygen atoms in total. The van der Waals surface area contributed by atoms with Crippen LogP contribution in [0.3, 0.4) is 0 Å². The Morgan fingerprint density at radius 3 is 2.25 bits per heavy atom. The standard InChI is InChI=1S/C26H24Cl2N4O3S/c1-35-23-10-7-18(15-21(23)28)24(33)30-26(36)29-19-8-9-22(20(27)16-19)31-11-13-32(14-12-31)25(34)17-5-3-2-4-6-17/h2-10,15-16H,11-14H2,1H3,(H2,29,30,33,36). The van der Waals surface area contributed by atoms with Crippen molar-refractivity contribution in [2.75, 3.05) is 43.5 Å². The molecule has 0 bridgehead atoms. The first-order valence-corrected chi connectivity index (χ1v) is 12.4. The van der Waals surface area contributed by atoms with Gasteiger partial charge in [-0.25, -0.2) is 0 Å². The molecule has 2 N–H and O–H groups in total. The second-order valence-corrected chi connectivity index (χ2v) is 9.29. The highest BCUT2D eigenvalue weighted by molar-refractivity contribution is 7.80. The van der Waals surface area contributed by atoms with Crippen molar-refractivity contribution in [1.82, 2.24) is 10.2 Å². The summed E-state index contributed by atoms with van der Waals surface area (Å²) in [7, 11) is 1.50. The number of methoxy groups -OCH3 is 1. The fourth-order valence-corrected chi connectivity index (χ4v) is 4.67. The lowest BCUT2D eigenvalue weighted by atomic mass is 10.1. The van der Waals surface area contributed by atoms with E-state index in [2.05, 4.69) is 15.5 Å². The third-order valence-electron chi connectivity index (χ3n) is 5.77. The molecule has 186 valence electrons. The van der Waals surface area contributed by atoms with Gasteiger partial charge in [-0.2, -0.15) is 0 Å². The summed E-state index contributed by atoms with van der Waals surface area (Å²) in [6.45, 7) is 2.55. The van der Waals surface area contributed by atoms with E-state index >= 15 is 0 Å². The Morgan fingerprint density at radius 1 is 0.889 bits per heavy atom. The SMILES string of the molecule is COc1ccc(C(=O)NC(=S)Nc2ccc(N3CCN(C(=O)c4ccccc4)CC3)c(Cl)c2)cc1Cl. The normalized spacial score (nSPS) is 13.2. The number of benzene rings is 3. The number of amides is 2. The molecule has 0 saturated carbocycles. The second kappa shape index (κ2) is 11.6. The number of carbonyl (C=O) groups excluding carboxylic acids is 2. The number of ether oxygens (including phenoxy) is 1. The number of thiocarbonyl (C=S) groups is 1. The molecule has 1 heterocycles. The monoisotopic (exact) mass is 542 g/mol. The molecule has 1 aliphatic heterocycles. The van der Waals surface area contributed by atoms with E-state index in [1.807, 2.05) is 47.4 Å². The van der Waals surface area contributed by atoms with E-state index < -0.39 is 5.91 Å². The fourth-order valence-electron chi connectivity index (χ4n) is 3.90. The Balaban J connectivity index is 1.32. The first kappa shape index (κ1) is 25.8. The predicted octanol–water partition coefficient (Wildman–Crippen LogP) is 5.09. The number of anilines is 2. The molecule has 10 heteroatoms.